The van der Waals surface area contributed by atoms with Gasteiger partial charge in [-0.25, -0.2) is 5.43 Å². The zero-order valence-electron chi connectivity index (χ0n) is 7.61. The average Bonchev–Trinajstić information content (AvgIpc) is 2.23. The van der Waals surface area contributed by atoms with Gasteiger partial charge in [0.15, 0.2) is 0 Å². The van der Waals surface area contributed by atoms with E-state index < -0.39 is 0 Å². The van der Waals surface area contributed by atoms with Gasteiger partial charge in [-0.1, -0.05) is 29.3 Å². The molecule has 0 atom stereocenters. The highest BCUT2D eigenvalue weighted by molar-refractivity contribution is 6.42. The molecule has 1 aromatic carbocycles. The Labute approximate surface area is 96.7 Å². The number of nitrogens with one attached hydrogen (secondary N) is 1. The summed E-state index contributed by atoms with van der Waals surface area (Å²) in [6.45, 7) is 0. The fraction of sp³-hybridized carbons (Fsp3) is 0. The van der Waals surface area contributed by atoms with Gasteiger partial charge in [0.1, 0.15) is 0 Å². The molecule has 5 N–H and O–H groups in total. The zero-order chi connectivity index (χ0) is 11.3. The molecular formula is C8H9Cl2N5. The van der Waals surface area contributed by atoms with Crippen LogP contribution in [0.3, 0.4) is 0 Å². The van der Waals surface area contributed by atoms with Crippen LogP contribution in [0.2, 0.25) is 10.0 Å². The minimum absolute atomic E-state index is 0.0197. The quantitative estimate of drug-likeness (QED) is 0.316. The predicted molar refractivity (Wildman–Crippen MR) is 63.0 cm³/mol. The second-order valence-corrected chi connectivity index (χ2v) is 3.37. The highest BCUT2D eigenvalue weighted by atomic mass is 35.5. The van der Waals surface area contributed by atoms with Crippen LogP contribution in [0.5, 0.6) is 0 Å². The van der Waals surface area contributed by atoms with Crippen molar-refractivity contribution < 1.29 is 0 Å². The van der Waals surface area contributed by atoms with Crippen LogP contribution >= 0.6 is 23.2 Å². The highest BCUT2D eigenvalue weighted by Gasteiger charge is 1.96. The van der Waals surface area contributed by atoms with Gasteiger partial charge in [0.05, 0.1) is 16.3 Å². The van der Waals surface area contributed by atoms with Crippen molar-refractivity contribution in [2.75, 3.05) is 0 Å². The Bertz CT molecular complexity index is 402. The Balaban J connectivity index is 2.69. The van der Waals surface area contributed by atoms with Crippen molar-refractivity contribution >= 4 is 35.4 Å². The largest absolute Gasteiger partial charge is 0.367 e. The van der Waals surface area contributed by atoms with Crippen LogP contribution < -0.4 is 17.0 Å². The Morgan fingerprint density at radius 1 is 1.33 bits per heavy atom. The molecule has 0 aromatic heterocycles. The Hall–Kier alpha value is -1.46. The maximum Gasteiger partial charge on any atom is 0.231 e. The van der Waals surface area contributed by atoms with E-state index in [4.69, 9.17) is 34.8 Å². The van der Waals surface area contributed by atoms with E-state index in [1.165, 1.54) is 6.21 Å². The van der Waals surface area contributed by atoms with E-state index in [0.29, 0.717) is 10.0 Å². The predicted octanol–water partition coefficient (Wildman–Crippen LogP) is 1.11. The smallest absolute Gasteiger partial charge is 0.231 e. The molecule has 0 aliphatic rings. The third-order valence-corrected chi connectivity index (χ3v) is 2.21. The summed E-state index contributed by atoms with van der Waals surface area (Å²) in [7, 11) is 0. The molecule has 80 valence electrons. The molecule has 0 bridgehead atoms. The summed E-state index contributed by atoms with van der Waals surface area (Å²) < 4.78 is 0. The maximum absolute atomic E-state index is 5.80. The first-order valence-corrected chi connectivity index (χ1v) is 4.66. The monoisotopic (exact) mass is 245 g/mol. The van der Waals surface area contributed by atoms with E-state index >= 15 is 0 Å². The summed E-state index contributed by atoms with van der Waals surface area (Å²) in [5, 5.41) is 7.89. The molecule has 0 aliphatic heterocycles. The van der Waals surface area contributed by atoms with Crippen molar-refractivity contribution in [3.05, 3.63) is 33.8 Å². The molecule has 5 nitrogen and oxygen atoms in total. The Kier molecular flexibility index (Phi) is 4.20. The van der Waals surface area contributed by atoms with Crippen LogP contribution in [0.15, 0.2) is 28.4 Å². The molecule has 0 aliphatic carbocycles. The van der Waals surface area contributed by atoms with Gasteiger partial charge in [0, 0.05) is 0 Å². The van der Waals surface area contributed by atoms with Gasteiger partial charge in [0.2, 0.25) is 5.96 Å². The maximum atomic E-state index is 5.80. The summed E-state index contributed by atoms with van der Waals surface area (Å²) >= 11 is 11.5. The third-order valence-electron chi connectivity index (χ3n) is 1.48. The summed E-state index contributed by atoms with van der Waals surface area (Å²) in [4.78, 5) is 0. The molecule has 0 fully saturated rings. The number of halogens is 2. The van der Waals surface area contributed by atoms with Crippen LogP contribution in [0.4, 0.5) is 0 Å². The van der Waals surface area contributed by atoms with Gasteiger partial charge in [-0.05, 0) is 17.7 Å². The lowest BCUT2D eigenvalue weighted by Gasteiger charge is -1.98. The molecule has 1 aromatic rings. The minimum atomic E-state index is 0.0197. The number of nitrogens with zero attached hydrogens (tertiary/aromatic N) is 2. The molecule has 1 rings (SSSR count). The zero-order valence-corrected chi connectivity index (χ0v) is 9.13. The van der Waals surface area contributed by atoms with Crippen molar-refractivity contribution in [1.29, 1.82) is 0 Å². The van der Waals surface area contributed by atoms with Crippen LogP contribution in [0, 0.1) is 0 Å². The van der Waals surface area contributed by atoms with E-state index in [0.717, 1.165) is 5.56 Å². The van der Waals surface area contributed by atoms with Crippen LogP contribution in [0.25, 0.3) is 0 Å². The molecule has 15 heavy (non-hydrogen) atoms. The van der Waals surface area contributed by atoms with E-state index in [-0.39, 0.29) is 5.96 Å². The molecule has 7 heteroatoms. The number of rotatable bonds is 2. The molecular weight excluding hydrogens is 237 g/mol. The summed E-state index contributed by atoms with van der Waals surface area (Å²) in [6.07, 6.45) is 1.51. The van der Waals surface area contributed by atoms with Crippen LogP contribution in [0.1, 0.15) is 5.56 Å². The van der Waals surface area contributed by atoms with Gasteiger partial charge in [-0.2, -0.15) is 5.10 Å². The first-order chi connectivity index (χ1) is 7.13. The Morgan fingerprint density at radius 3 is 2.67 bits per heavy atom. The fourth-order valence-corrected chi connectivity index (χ4v) is 1.10. The number of nitrogens with two attached hydrogens (primary N) is 2. The third kappa shape index (κ3) is 3.65. The second kappa shape index (κ2) is 5.43. The highest BCUT2D eigenvalue weighted by Crippen LogP contribution is 2.21. The standard InChI is InChI=1S/C8H9Cl2N5/c9-6-2-1-5(3-7(6)10)4-13-15-8(11)14-12/h1-4H,12H2,(H3,11,14,15). The summed E-state index contributed by atoms with van der Waals surface area (Å²) in [6, 6.07) is 5.10. The molecule has 0 spiro atoms. The number of guanidine groups is 1. The molecule has 0 amide bonds. The van der Waals surface area contributed by atoms with Crippen molar-refractivity contribution in [2.45, 2.75) is 0 Å². The van der Waals surface area contributed by atoms with E-state index in [1.807, 2.05) is 0 Å². The minimum Gasteiger partial charge on any atom is -0.367 e. The van der Waals surface area contributed by atoms with Gasteiger partial charge in [-0.3, -0.25) is 0 Å². The van der Waals surface area contributed by atoms with Gasteiger partial charge in [-0.15, -0.1) is 5.10 Å². The summed E-state index contributed by atoms with van der Waals surface area (Å²) in [5.41, 5.74) is 8.43. The lowest BCUT2D eigenvalue weighted by Crippen LogP contribution is -2.28. The fourth-order valence-electron chi connectivity index (χ4n) is 0.794. The second-order valence-electron chi connectivity index (χ2n) is 2.56. The van der Waals surface area contributed by atoms with Crippen molar-refractivity contribution in [1.82, 2.24) is 5.43 Å². The number of benzene rings is 1. The van der Waals surface area contributed by atoms with Crippen molar-refractivity contribution in [3.8, 4) is 0 Å². The summed E-state index contributed by atoms with van der Waals surface area (Å²) in [5.74, 6) is 4.90. The normalized spacial score (nSPS) is 12.0. The molecule has 0 unspecified atom stereocenters. The molecule has 0 radical (unpaired) electrons. The van der Waals surface area contributed by atoms with E-state index in [9.17, 15) is 0 Å². The lowest BCUT2D eigenvalue weighted by atomic mass is 10.2. The first kappa shape index (κ1) is 11.6. The Morgan fingerprint density at radius 2 is 2.07 bits per heavy atom. The van der Waals surface area contributed by atoms with Crippen molar-refractivity contribution in [3.63, 3.8) is 0 Å². The van der Waals surface area contributed by atoms with Crippen LogP contribution in [-0.2, 0) is 0 Å². The number of hydrazone groups is 2. The molecule has 0 heterocycles. The van der Waals surface area contributed by atoms with Gasteiger partial charge in [0.25, 0.3) is 0 Å². The topological polar surface area (TPSA) is 88.8 Å². The SMILES string of the molecule is NN=C(N)NN=Cc1ccc(Cl)c(Cl)c1. The van der Waals surface area contributed by atoms with Gasteiger partial charge < -0.3 is 11.6 Å². The van der Waals surface area contributed by atoms with E-state index in [2.05, 4.69) is 15.6 Å². The lowest BCUT2D eigenvalue weighted by molar-refractivity contribution is 0.993. The van der Waals surface area contributed by atoms with Gasteiger partial charge >= 0.3 is 0 Å². The van der Waals surface area contributed by atoms with E-state index in [1.54, 1.807) is 18.2 Å². The first-order valence-electron chi connectivity index (χ1n) is 3.91. The molecule has 0 saturated carbocycles. The number of hydrogen-bond acceptors (Lipinski definition) is 3. The number of hydrogen-bond donors (Lipinski definition) is 3. The van der Waals surface area contributed by atoms with Crippen molar-refractivity contribution in [2.24, 2.45) is 21.8 Å². The average molecular weight is 246 g/mol. The van der Waals surface area contributed by atoms with Crippen LogP contribution in [-0.4, -0.2) is 12.2 Å². The molecule has 0 saturated heterocycles.